The van der Waals surface area contributed by atoms with Crippen molar-refractivity contribution < 1.29 is 8.42 Å². The average molecular weight is 234 g/mol. The fourth-order valence-electron chi connectivity index (χ4n) is 2.73. The Labute approximate surface area is 95.9 Å². The number of hydrogen-bond acceptors (Lipinski definition) is 2. The van der Waals surface area contributed by atoms with E-state index in [9.17, 15) is 8.42 Å². The van der Waals surface area contributed by atoms with E-state index in [0.717, 1.165) is 48.1 Å². The summed E-state index contributed by atoms with van der Waals surface area (Å²) in [5, 5.41) is 0. The van der Waals surface area contributed by atoms with E-state index in [-0.39, 0.29) is 0 Å². The molecule has 0 unspecified atom stereocenters. The summed E-state index contributed by atoms with van der Waals surface area (Å²) in [6, 6.07) is 7.40. The van der Waals surface area contributed by atoms with Crippen LogP contribution in [0.2, 0.25) is 0 Å². The predicted octanol–water partition coefficient (Wildman–Crippen LogP) is 2.84. The molecule has 1 aromatic carbocycles. The summed E-state index contributed by atoms with van der Waals surface area (Å²) >= 11 is 0. The quantitative estimate of drug-likeness (QED) is 0.691. The van der Waals surface area contributed by atoms with Gasteiger partial charge in [0.25, 0.3) is 0 Å². The minimum Gasteiger partial charge on any atom is -0.219 e. The van der Waals surface area contributed by atoms with Crippen LogP contribution in [0, 0.1) is 0 Å². The van der Waals surface area contributed by atoms with Crippen LogP contribution < -0.4 is 0 Å². The van der Waals surface area contributed by atoms with Crippen LogP contribution in [0.15, 0.2) is 39.6 Å². The molecule has 0 spiro atoms. The van der Waals surface area contributed by atoms with E-state index in [1.165, 1.54) is 0 Å². The molecule has 84 valence electrons. The maximum atomic E-state index is 12.4. The van der Waals surface area contributed by atoms with Crippen molar-refractivity contribution in [2.75, 3.05) is 0 Å². The Morgan fingerprint density at radius 2 is 1.75 bits per heavy atom. The van der Waals surface area contributed by atoms with Gasteiger partial charge in [0.1, 0.15) is 0 Å². The van der Waals surface area contributed by atoms with E-state index >= 15 is 0 Å². The molecular formula is C13H14O2S. The highest BCUT2D eigenvalue weighted by Gasteiger charge is 2.32. The van der Waals surface area contributed by atoms with E-state index in [2.05, 4.69) is 0 Å². The van der Waals surface area contributed by atoms with Crippen molar-refractivity contribution in [1.82, 2.24) is 0 Å². The zero-order chi connectivity index (χ0) is 11.2. The third-order valence-corrected chi connectivity index (χ3v) is 5.64. The molecule has 1 aliphatic heterocycles. The first-order valence-corrected chi connectivity index (χ1v) is 7.22. The van der Waals surface area contributed by atoms with Crippen molar-refractivity contribution in [3.8, 4) is 0 Å². The molecule has 0 atom stereocenters. The molecule has 0 aromatic heterocycles. The van der Waals surface area contributed by atoms with Crippen LogP contribution >= 0.6 is 0 Å². The maximum absolute atomic E-state index is 12.4. The van der Waals surface area contributed by atoms with Crippen LogP contribution in [-0.2, 0) is 16.3 Å². The Morgan fingerprint density at radius 1 is 1.00 bits per heavy atom. The van der Waals surface area contributed by atoms with Crippen molar-refractivity contribution in [3.05, 3.63) is 40.3 Å². The molecule has 0 saturated heterocycles. The minimum absolute atomic E-state index is 0.538. The van der Waals surface area contributed by atoms with Gasteiger partial charge in [-0.05, 0) is 43.7 Å². The summed E-state index contributed by atoms with van der Waals surface area (Å²) < 4.78 is 24.8. The number of allylic oxidation sites excluding steroid dienone is 2. The molecule has 0 bridgehead atoms. The van der Waals surface area contributed by atoms with Crippen LogP contribution in [0.4, 0.5) is 0 Å². The fourth-order valence-corrected chi connectivity index (χ4v) is 4.70. The van der Waals surface area contributed by atoms with Crippen molar-refractivity contribution in [2.24, 2.45) is 0 Å². The third kappa shape index (κ3) is 1.34. The van der Waals surface area contributed by atoms with Gasteiger partial charge < -0.3 is 0 Å². The van der Waals surface area contributed by atoms with Gasteiger partial charge >= 0.3 is 0 Å². The normalized spacial score (nSPS) is 22.5. The first-order chi connectivity index (χ1) is 7.69. The SMILES string of the molecule is O=S1(=O)C2=C(CCCC2)Cc2ccccc21. The molecule has 0 amide bonds. The molecule has 0 fully saturated rings. The second kappa shape index (κ2) is 3.45. The second-order valence-corrected chi connectivity index (χ2v) is 6.46. The topological polar surface area (TPSA) is 34.1 Å². The Hall–Kier alpha value is -1.09. The van der Waals surface area contributed by atoms with Gasteiger partial charge in [-0.1, -0.05) is 23.8 Å². The Balaban J connectivity index is 2.24. The van der Waals surface area contributed by atoms with Crippen molar-refractivity contribution in [2.45, 2.75) is 37.0 Å². The Kier molecular flexibility index (Phi) is 2.18. The molecule has 1 heterocycles. The van der Waals surface area contributed by atoms with Gasteiger partial charge in [-0.3, -0.25) is 0 Å². The van der Waals surface area contributed by atoms with Crippen molar-refractivity contribution in [1.29, 1.82) is 0 Å². The zero-order valence-corrected chi connectivity index (χ0v) is 9.89. The zero-order valence-electron chi connectivity index (χ0n) is 9.07. The molecule has 0 radical (unpaired) electrons. The molecule has 0 N–H and O–H groups in total. The van der Waals surface area contributed by atoms with Crippen LogP contribution in [0.3, 0.4) is 0 Å². The molecule has 1 aliphatic carbocycles. The number of benzene rings is 1. The van der Waals surface area contributed by atoms with Gasteiger partial charge in [-0.2, -0.15) is 0 Å². The first kappa shape index (κ1) is 10.1. The highest BCUT2D eigenvalue weighted by Crippen LogP contribution is 2.39. The summed E-state index contributed by atoms with van der Waals surface area (Å²) in [6.45, 7) is 0. The fraction of sp³-hybridized carbons (Fsp3) is 0.385. The van der Waals surface area contributed by atoms with Crippen LogP contribution in [0.1, 0.15) is 31.2 Å². The Morgan fingerprint density at radius 3 is 2.62 bits per heavy atom. The van der Waals surface area contributed by atoms with Gasteiger partial charge in [-0.25, -0.2) is 8.42 Å². The van der Waals surface area contributed by atoms with Gasteiger partial charge in [0.05, 0.1) is 4.90 Å². The lowest BCUT2D eigenvalue weighted by molar-refractivity contribution is 0.585. The van der Waals surface area contributed by atoms with Crippen LogP contribution in [0.25, 0.3) is 0 Å². The average Bonchev–Trinajstić information content (AvgIpc) is 2.29. The minimum atomic E-state index is -3.16. The molecule has 1 aromatic rings. The molecule has 16 heavy (non-hydrogen) atoms. The van der Waals surface area contributed by atoms with E-state index in [4.69, 9.17) is 0 Å². The summed E-state index contributed by atoms with van der Waals surface area (Å²) in [5.74, 6) is 0. The van der Waals surface area contributed by atoms with Crippen LogP contribution in [0.5, 0.6) is 0 Å². The molecule has 2 nitrogen and oxygen atoms in total. The van der Waals surface area contributed by atoms with E-state index < -0.39 is 9.84 Å². The summed E-state index contributed by atoms with van der Waals surface area (Å²) in [4.78, 5) is 1.26. The largest absolute Gasteiger partial charge is 0.219 e. The highest BCUT2D eigenvalue weighted by molar-refractivity contribution is 7.95. The standard InChI is InChI=1S/C13H14O2S/c14-16(15)12-7-3-1-5-10(12)9-11-6-2-4-8-13(11)16/h1,3,5,7H,2,4,6,8-9H2. The van der Waals surface area contributed by atoms with Crippen LogP contribution in [-0.4, -0.2) is 8.42 Å². The summed E-state index contributed by atoms with van der Waals surface area (Å²) in [7, 11) is -3.16. The lowest BCUT2D eigenvalue weighted by Crippen LogP contribution is -2.19. The second-order valence-electron chi connectivity index (χ2n) is 4.52. The smallest absolute Gasteiger partial charge is 0.203 e. The van der Waals surface area contributed by atoms with Gasteiger partial charge in [0.15, 0.2) is 0 Å². The van der Waals surface area contributed by atoms with Gasteiger partial charge in [0, 0.05) is 4.91 Å². The van der Waals surface area contributed by atoms with E-state index in [1.807, 2.05) is 18.2 Å². The van der Waals surface area contributed by atoms with E-state index in [0.29, 0.717) is 4.90 Å². The number of rotatable bonds is 0. The Bertz CT molecular complexity index is 567. The summed E-state index contributed by atoms with van der Waals surface area (Å²) in [6.07, 6.45) is 4.69. The highest BCUT2D eigenvalue weighted by atomic mass is 32.2. The van der Waals surface area contributed by atoms with Crippen molar-refractivity contribution >= 4 is 9.84 Å². The monoisotopic (exact) mass is 234 g/mol. The molecule has 2 aliphatic rings. The molecule has 0 saturated carbocycles. The molecular weight excluding hydrogens is 220 g/mol. The molecule has 3 rings (SSSR count). The number of sulfone groups is 1. The predicted molar refractivity (Wildman–Crippen MR) is 62.8 cm³/mol. The first-order valence-electron chi connectivity index (χ1n) is 5.73. The number of fused-ring (bicyclic) bond motifs is 1. The number of hydrogen-bond donors (Lipinski definition) is 0. The third-order valence-electron chi connectivity index (χ3n) is 3.52. The van der Waals surface area contributed by atoms with Gasteiger partial charge in [0.2, 0.25) is 9.84 Å². The summed E-state index contributed by atoms with van der Waals surface area (Å²) in [5.41, 5.74) is 2.13. The lowest BCUT2D eigenvalue weighted by Gasteiger charge is -2.26. The molecule has 3 heteroatoms. The van der Waals surface area contributed by atoms with Gasteiger partial charge in [-0.15, -0.1) is 0 Å². The van der Waals surface area contributed by atoms with E-state index in [1.54, 1.807) is 6.07 Å². The van der Waals surface area contributed by atoms with Crippen molar-refractivity contribution in [3.63, 3.8) is 0 Å². The maximum Gasteiger partial charge on any atom is 0.203 e. The lowest BCUT2D eigenvalue weighted by atomic mass is 9.93.